The molecule has 0 atom stereocenters. The van der Waals surface area contributed by atoms with Crippen LogP contribution in [0.25, 0.3) is 0 Å². The van der Waals surface area contributed by atoms with Crippen LogP contribution in [0.2, 0.25) is 0 Å². The van der Waals surface area contributed by atoms with Crippen molar-refractivity contribution in [3.8, 4) is 0 Å². The Balaban J connectivity index is 1.80. The quantitative estimate of drug-likeness (QED) is 0.523. The highest BCUT2D eigenvalue weighted by Gasteiger charge is 2.21. The molecule has 41 valence electrons. The normalized spacial score (nSPS) is 20.1. The lowest BCUT2D eigenvalue weighted by atomic mass is 10.7. The Bertz CT molecular complexity index is 52.0. The summed E-state index contributed by atoms with van der Waals surface area (Å²) in [6.45, 7) is 0.711. The van der Waals surface area contributed by atoms with Crippen molar-refractivity contribution in [3.63, 3.8) is 0 Å². The van der Waals surface area contributed by atoms with Crippen molar-refractivity contribution in [2.75, 3.05) is 6.61 Å². The zero-order chi connectivity index (χ0) is 5.11. The summed E-state index contributed by atoms with van der Waals surface area (Å²) in [6, 6.07) is 0. The van der Waals surface area contributed by atoms with Crippen molar-refractivity contribution >= 4 is 0 Å². The van der Waals surface area contributed by atoms with Gasteiger partial charge in [0.15, 0.2) is 6.67 Å². The molecule has 0 N–H and O–H groups in total. The van der Waals surface area contributed by atoms with Gasteiger partial charge in [-0.3, -0.25) is 0 Å². The summed E-state index contributed by atoms with van der Waals surface area (Å²) in [7, 11) is 0. The van der Waals surface area contributed by atoms with Crippen LogP contribution in [0.1, 0.15) is 12.8 Å². The average Bonchev–Trinajstić information content (AvgIpc) is 2.42. The van der Waals surface area contributed by atoms with Crippen LogP contribution in [0.5, 0.6) is 0 Å². The van der Waals surface area contributed by atoms with Gasteiger partial charge in [0.2, 0.25) is 0 Å². The fourth-order valence-electron chi connectivity index (χ4n) is 0.407. The van der Waals surface area contributed by atoms with E-state index in [1.54, 1.807) is 0 Å². The molecule has 7 heavy (non-hydrogen) atoms. The van der Waals surface area contributed by atoms with Crippen LogP contribution in [0.3, 0.4) is 0 Å². The molecule has 1 rings (SSSR count). The van der Waals surface area contributed by atoms with E-state index in [1.807, 2.05) is 0 Å². The van der Waals surface area contributed by atoms with Gasteiger partial charge in [0.05, 0.1) is 12.7 Å². The molecular weight excluding hydrogens is 95.1 g/mol. The Labute approximate surface area is 42.5 Å². The maximum absolute atomic E-state index is 11.1. The Morgan fingerprint density at radius 2 is 2.43 bits per heavy atom. The van der Waals surface area contributed by atoms with E-state index in [-0.39, 0.29) is 6.61 Å². The van der Waals surface area contributed by atoms with Crippen molar-refractivity contribution in [2.45, 2.75) is 18.9 Å². The number of ether oxygens (including phenoxy) is 1. The average molecular weight is 103 g/mol. The molecule has 1 aliphatic carbocycles. The first-order valence-corrected chi connectivity index (χ1v) is 2.47. The molecule has 0 heterocycles. The molecule has 1 radical (unpaired) electrons. The van der Waals surface area contributed by atoms with E-state index >= 15 is 0 Å². The van der Waals surface area contributed by atoms with Crippen LogP contribution in [0.15, 0.2) is 0 Å². The largest absolute Gasteiger partial charge is 0.375 e. The van der Waals surface area contributed by atoms with E-state index in [2.05, 4.69) is 0 Å². The van der Waals surface area contributed by atoms with Gasteiger partial charge in [0, 0.05) is 0 Å². The van der Waals surface area contributed by atoms with Crippen molar-refractivity contribution in [2.24, 2.45) is 0 Å². The molecule has 0 amide bonds. The van der Waals surface area contributed by atoms with Gasteiger partial charge in [-0.15, -0.1) is 0 Å². The van der Waals surface area contributed by atoms with Crippen LogP contribution in [0.4, 0.5) is 4.39 Å². The van der Waals surface area contributed by atoms with Crippen LogP contribution >= 0.6 is 0 Å². The third-order valence-corrected chi connectivity index (χ3v) is 0.919. The molecule has 0 spiro atoms. The second-order valence-corrected chi connectivity index (χ2v) is 1.69. The first kappa shape index (κ1) is 5.04. The lowest BCUT2D eigenvalue weighted by Gasteiger charge is -1.91. The summed E-state index contributed by atoms with van der Waals surface area (Å²) >= 11 is 0. The number of halogens is 1. The van der Waals surface area contributed by atoms with Crippen molar-refractivity contribution in [1.82, 2.24) is 0 Å². The van der Waals surface area contributed by atoms with E-state index in [1.165, 1.54) is 0 Å². The van der Waals surface area contributed by atoms with Crippen LogP contribution in [-0.4, -0.2) is 12.7 Å². The topological polar surface area (TPSA) is 9.23 Å². The summed E-state index contributed by atoms with van der Waals surface area (Å²) in [5.74, 6) is 0. The number of rotatable bonds is 3. The van der Waals surface area contributed by atoms with Gasteiger partial charge in [0.25, 0.3) is 0 Å². The highest BCUT2D eigenvalue weighted by atomic mass is 19.1. The minimum Gasteiger partial charge on any atom is -0.375 e. The van der Waals surface area contributed by atoms with E-state index in [4.69, 9.17) is 4.74 Å². The van der Waals surface area contributed by atoms with Crippen LogP contribution in [-0.2, 0) is 4.74 Å². The van der Waals surface area contributed by atoms with Gasteiger partial charge in [-0.05, 0) is 12.8 Å². The van der Waals surface area contributed by atoms with E-state index in [0.717, 1.165) is 12.8 Å². The van der Waals surface area contributed by atoms with E-state index < -0.39 is 0 Å². The molecular formula is C5H8FO. The fourth-order valence-corrected chi connectivity index (χ4v) is 0.407. The zero-order valence-corrected chi connectivity index (χ0v) is 4.06. The molecule has 0 aromatic rings. The molecule has 1 saturated carbocycles. The minimum atomic E-state index is 0.171. The number of hydrogen-bond acceptors (Lipinski definition) is 1. The van der Waals surface area contributed by atoms with Gasteiger partial charge in [-0.2, -0.15) is 0 Å². The van der Waals surface area contributed by atoms with E-state index in [9.17, 15) is 4.39 Å². The molecule has 0 saturated heterocycles. The summed E-state index contributed by atoms with van der Waals surface area (Å²) < 4.78 is 16.0. The Morgan fingerprint density at radius 3 is 2.86 bits per heavy atom. The molecule has 0 aromatic carbocycles. The second kappa shape index (κ2) is 2.26. The predicted molar refractivity (Wildman–Crippen MR) is 24.4 cm³/mol. The molecule has 2 heteroatoms. The summed E-state index contributed by atoms with van der Waals surface area (Å²) in [4.78, 5) is 0. The van der Waals surface area contributed by atoms with Crippen molar-refractivity contribution in [3.05, 3.63) is 6.67 Å². The van der Waals surface area contributed by atoms with Crippen molar-refractivity contribution < 1.29 is 9.13 Å². The first-order valence-electron chi connectivity index (χ1n) is 2.47. The molecule has 0 bridgehead atoms. The summed E-state index contributed by atoms with van der Waals surface area (Å²) in [6.07, 6.45) is 2.62. The lowest BCUT2D eigenvalue weighted by Crippen LogP contribution is -1.92. The maximum atomic E-state index is 11.1. The van der Waals surface area contributed by atoms with Crippen LogP contribution < -0.4 is 0 Å². The van der Waals surface area contributed by atoms with Gasteiger partial charge in [0.1, 0.15) is 0 Å². The maximum Gasteiger partial charge on any atom is 0.157 e. The third-order valence-electron chi connectivity index (χ3n) is 0.919. The molecule has 1 aliphatic rings. The predicted octanol–water partition coefficient (Wildman–Crippen LogP) is 1.30. The molecule has 0 aliphatic heterocycles. The van der Waals surface area contributed by atoms with Gasteiger partial charge < -0.3 is 4.74 Å². The summed E-state index contributed by atoms with van der Waals surface area (Å²) in [5, 5.41) is 0. The van der Waals surface area contributed by atoms with Crippen molar-refractivity contribution in [1.29, 1.82) is 0 Å². The highest BCUT2D eigenvalue weighted by Crippen LogP contribution is 2.23. The molecule has 1 fully saturated rings. The van der Waals surface area contributed by atoms with Crippen LogP contribution in [0, 0.1) is 6.67 Å². The standard InChI is InChI=1S/C5H8FO/c6-3-4-7-5-1-2-5/h3,5H,1-2,4H2. The monoisotopic (exact) mass is 103 g/mol. The first-order chi connectivity index (χ1) is 3.43. The molecule has 0 unspecified atom stereocenters. The fraction of sp³-hybridized carbons (Fsp3) is 0.800. The zero-order valence-electron chi connectivity index (χ0n) is 4.06. The van der Waals surface area contributed by atoms with Gasteiger partial charge in [-0.25, -0.2) is 4.39 Å². The van der Waals surface area contributed by atoms with Gasteiger partial charge in [-0.1, -0.05) is 0 Å². The molecule has 1 nitrogen and oxygen atoms in total. The summed E-state index contributed by atoms with van der Waals surface area (Å²) in [5.41, 5.74) is 0. The SMILES string of the molecule is F[CH]COC1CC1. The van der Waals surface area contributed by atoms with E-state index in [0.29, 0.717) is 12.8 Å². The minimum absolute atomic E-state index is 0.171. The Kier molecular flexibility index (Phi) is 1.63. The van der Waals surface area contributed by atoms with Gasteiger partial charge >= 0.3 is 0 Å². The second-order valence-electron chi connectivity index (χ2n) is 1.69. The lowest BCUT2D eigenvalue weighted by molar-refractivity contribution is 0.125. The smallest absolute Gasteiger partial charge is 0.157 e. The Hall–Kier alpha value is -0.110. The number of hydrogen-bond donors (Lipinski definition) is 0. The Morgan fingerprint density at radius 1 is 1.71 bits per heavy atom. The highest BCUT2D eigenvalue weighted by molar-refractivity contribution is 4.73. The molecule has 0 aromatic heterocycles. The third kappa shape index (κ3) is 1.88.